The number of nitrogens with zero attached hydrogens (tertiary/aromatic N) is 1. The molecule has 0 bridgehead atoms. The molecule has 1 saturated heterocycles. The SMILES string of the molecule is O=C(c1cc(=O)[nH][nH]1)N1CCCCC1. The number of aromatic amines is 2. The zero-order valence-electron chi connectivity index (χ0n) is 7.88. The van der Waals surface area contributed by atoms with Crippen LogP contribution in [0.25, 0.3) is 0 Å². The molecule has 2 N–H and O–H groups in total. The normalized spacial score (nSPS) is 17.0. The highest BCUT2D eigenvalue weighted by molar-refractivity contribution is 5.92. The quantitative estimate of drug-likeness (QED) is 0.678. The Morgan fingerprint density at radius 1 is 1.21 bits per heavy atom. The van der Waals surface area contributed by atoms with Crippen LogP contribution in [0.3, 0.4) is 0 Å². The molecule has 5 nitrogen and oxygen atoms in total. The van der Waals surface area contributed by atoms with Crippen LogP contribution in [-0.2, 0) is 0 Å². The third kappa shape index (κ3) is 1.71. The van der Waals surface area contributed by atoms with E-state index in [1.807, 2.05) is 0 Å². The van der Waals surface area contributed by atoms with Crippen LogP contribution in [0, 0.1) is 0 Å². The van der Waals surface area contributed by atoms with Gasteiger partial charge in [0.15, 0.2) is 0 Å². The number of piperidine rings is 1. The predicted octanol–water partition coefficient (Wildman–Crippen LogP) is 0.329. The molecule has 1 aromatic rings. The fraction of sp³-hybridized carbons (Fsp3) is 0.556. The van der Waals surface area contributed by atoms with E-state index in [9.17, 15) is 9.59 Å². The third-order valence-corrected chi connectivity index (χ3v) is 2.47. The summed E-state index contributed by atoms with van der Waals surface area (Å²) in [4.78, 5) is 24.3. The Hall–Kier alpha value is -1.52. The summed E-state index contributed by atoms with van der Waals surface area (Å²) in [6, 6.07) is 1.30. The molecule has 0 radical (unpaired) electrons. The Morgan fingerprint density at radius 2 is 1.93 bits per heavy atom. The van der Waals surface area contributed by atoms with E-state index in [-0.39, 0.29) is 11.5 Å². The summed E-state index contributed by atoms with van der Waals surface area (Å²) >= 11 is 0. The van der Waals surface area contributed by atoms with Crippen LogP contribution in [0.15, 0.2) is 10.9 Å². The molecular weight excluding hydrogens is 182 g/mol. The third-order valence-electron chi connectivity index (χ3n) is 2.47. The van der Waals surface area contributed by atoms with Gasteiger partial charge in [-0.1, -0.05) is 0 Å². The molecule has 2 rings (SSSR count). The Balaban J connectivity index is 2.10. The first-order chi connectivity index (χ1) is 6.77. The van der Waals surface area contributed by atoms with Crippen molar-refractivity contribution < 1.29 is 4.79 Å². The van der Waals surface area contributed by atoms with Crippen molar-refractivity contribution in [1.82, 2.24) is 15.1 Å². The van der Waals surface area contributed by atoms with E-state index in [4.69, 9.17) is 0 Å². The van der Waals surface area contributed by atoms with Gasteiger partial charge in [0.2, 0.25) is 0 Å². The van der Waals surface area contributed by atoms with E-state index in [0.29, 0.717) is 5.69 Å². The van der Waals surface area contributed by atoms with Gasteiger partial charge in [0.25, 0.3) is 11.5 Å². The number of hydrogen-bond donors (Lipinski definition) is 2. The number of aromatic nitrogens is 2. The highest BCUT2D eigenvalue weighted by Gasteiger charge is 2.19. The molecule has 2 heterocycles. The van der Waals surface area contributed by atoms with E-state index in [1.165, 1.54) is 12.5 Å². The van der Waals surface area contributed by atoms with Gasteiger partial charge in [0, 0.05) is 19.2 Å². The fourth-order valence-electron chi connectivity index (χ4n) is 1.71. The van der Waals surface area contributed by atoms with Crippen molar-refractivity contribution in [3.8, 4) is 0 Å². The van der Waals surface area contributed by atoms with Gasteiger partial charge in [-0.2, -0.15) is 0 Å². The van der Waals surface area contributed by atoms with Crippen LogP contribution in [0.1, 0.15) is 29.8 Å². The number of nitrogens with one attached hydrogen (secondary N) is 2. The molecule has 0 spiro atoms. The topological polar surface area (TPSA) is 69.0 Å². The molecule has 0 aromatic carbocycles. The molecule has 1 aliphatic rings. The number of rotatable bonds is 1. The highest BCUT2D eigenvalue weighted by Crippen LogP contribution is 2.10. The molecule has 1 aromatic heterocycles. The van der Waals surface area contributed by atoms with Gasteiger partial charge in [-0.3, -0.25) is 19.8 Å². The van der Waals surface area contributed by atoms with Gasteiger partial charge in [-0.25, -0.2) is 0 Å². The Labute approximate surface area is 81.1 Å². The Kier molecular flexibility index (Phi) is 2.39. The van der Waals surface area contributed by atoms with Crippen molar-refractivity contribution in [1.29, 1.82) is 0 Å². The number of amides is 1. The summed E-state index contributed by atoms with van der Waals surface area (Å²) in [5.41, 5.74) is 0.0993. The fourth-order valence-corrected chi connectivity index (χ4v) is 1.71. The van der Waals surface area contributed by atoms with Gasteiger partial charge in [-0.05, 0) is 19.3 Å². The molecule has 5 heteroatoms. The van der Waals surface area contributed by atoms with E-state index < -0.39 is 0 Å². The van der Waals surface area contributed by atoms with Gasteiger partial charge in [0.05, 0.1) is 0 Å². The second-order valence-electron chi connectivity index (χ2n) is 3.53. The first-order valence-corrected chi connectivity index (χ1v) is 4.84. The Morgan fingerprint density at radius 3 is 2.50 bits per heavy atom. The van der Waals surface area contributed by atoms with E-state index in [2.05, 4.69) is 10.2 Å². The van der Waals surface area contributed by atoms with Crippen molar-refractivity contribution in [3.63, 3.8) is 0 Å². The minimum absolute atomic E-state index is 0.0805. The molecule has 0 saturated carbocycles. The zero-order valence-corrected chi connectivity index (χ0v) is 7.88. The minimum Gasteiger partial charge on any atom is -0.337 e. The van der Waals surface area contributed by atoms with Gasteiger partial charge in [0.1, 0.15) is 5.69 Å². The maximum absolute atomic E-state index is 11.7. The smallest absolute Gasteiger partial charge is 0.271 e. The lowest BCUT2D eigenvalue weighted by molar-refractivity contribution is 0.0718. The van der Waals surface area contributed by atoms with Crippen molar-refractivity contribution in [2.45, 2.75) is 19.3 Å². The maximum atomic E-state index is 11.7. The lowest BCUT2D eigenvalue weighted by atomic mass is 10.1. The summed E-state index contributed by atoms with van der Waals surface area (Å²) in [5.74, 6) is -0.0805. The monoisotopic (exact) mass is 195 g/mol. The molecular formula is C9H13N3O2. The summed E-state index contributed by atoms with van der Waals surface area (Å²) in [6.45, 7) is 1.60. The molecule has 0 atom stereocenters. The predicted molar refractivity (Wildman–Crippen MR) is 51.2 cm³/mol. The van der Waals surface area contributed by atoms with Gasteiger partial charge >= 0.3 is 0 Å². The molecule has 1 aliphatic heterocycles. The van der Waals surface area contributed by atoms with Crippen molar-refractivity contribution >= 4 is 5.91 Å². The molecule has 1 fully saturated rings. The van der Waals surface area contributed by atoms with Crippen LogP contribution < -0.4 is 5.56 Å². The van der Waals surface area contributed by atoms with Crippen LogP contribution in [0.4, 0.5) is 0 Å². The molecule has 1 amide bonds. The number of carbonyl (C=O) groups is 1. The van der Waals surface area contributed by atoms with Crippen LogP contribution in [-0.4, -0.2) is 34.1 Å². The minimum atomic E-state index is -0.259. The number of carbonyl (C=O) groups excluding carboxylic acids is 1. The summed E-state index contributed by atoms with van der Waals surface area (Å²) in [5, 5.41) is 4.93. The van der Waals surface area contributed by atoms with Crippen LogP contribution in [0.2, 0.25) is 0 Å². The average molecular weight is 195 g/mol. The number of hydrogen-bond acceptors (Lipinski definition) is 2. The van der Waals surface area contributed by atoms with Crippen molar-refractivity contribution in [3.05, 3.63) is 22.1 Å². The van der Waals surface area contributed by atoms with E-state index >= 15 is 0 Å². The molecule has 0 unspecified atom stereocenters. The van der Waals surface area contributed by atoms with Crippen molar-refractivity contribution in [2.75, 3.05) is 13.1 Å². The lowest BCUT2D eigenvalue weighted by Gasteiger charge is -2.25. The van der Waals surface area contributed by atoms with Crippen LogP contribution >= 0.6 is 0 Å². The summed E-state index contributed by atoms with van der Waals surface area (Å²) in [7, 11) is 0. The van der Waals surface area contributed by atoms with Gasteiger partial charge in [-0.15, -0.1) is 0 Å². The van der Waals surface area contributed by atoms with Crippen LogP contribution in [0.5, 0.6) is 0 Å². The molecule has 0 aliphatic carbocycles. The van der Waals surface area contributed by atoms with Crippen molar-refractivity contribution in [2.24, 2.45) is 0 Å². The largest absolute Gasteiger partial charge is 0.337 e. The average Bonchev–Trinajstić information content (AvgIpc) is 2.65. The number of H-pyrrole nitrogens is 2. The Bertz CT molecular complexity index is 373. The molecule has 14 heavy (non-hydrogen) atoms. The first kappa shape index (κ1) is 9.05. The maximum Gasteiger partial charge on any atom is 0.271 e. The lowest BCUT2D eigenvalue weighted by Crippen LogP contribution is -2.35. The van der Waals surface area contributed by atoms with E-state index in [1.54, 1.807) is 4.90 Å². The number of likely N-dealkylation sites (tertiary alicyclic amines) is 1. The first-order valence-electron chi connectivity index (χ1n) is 4.84. The molecule has 76 valence electrons. The van der Waals surface area contributed by atoms with E-state index in [0.717, 1.165) is 25.9 Å². The highest BCUT2D eigenvalue weighted by atomic mass is 16.2. The zero-order chi connectivity index (χ0) is 9.97. The second kappa shape index (κ2) is 3.69. The van der Waals surface area contributed by atoms with Gasteiger partial charge < -0.3 is 4.90 Å². The summed E-state index contributed by atoms with van der Waals surface area (Å²) < 4.78 is 0. The summed E-state index contributed by atoms with van der Waals surface area (Å²) in [6.07, 6.45) is 3.30. The second-order valence-corrected chi connectivity index (χ2v) is 3.53. The standard InChI is InChI=1S/C9H13N3O2/c13-8-6-7(10-11-8)9(14)12-4-2-1-3-5-12/h6H,1-5H2,(H2,10,11,13).